The Morgan fingerprint density at radius 3 is 2.55 bits per heavy atom. The number of nitrogens with one attached hydrogen (secondary N) is 1. The summed E-state index contributed by atoms with van der Waals surface area (Å²) in [5, 5.41) is 2.95. The monoisotopic (exact) mass is 472 g/mol. The van der Waals surface area contributed by atoms with Gasteiger partial charge in [0.25, 0.3) is 5.91 Å². The van der Waals surface area contributed by atoms with E-state index in [1.807, 2.05) is 24.3 Å². The van der Waals surface area contributed by atoms with Crippen LogP contribution in [0.25, 0.3) is 0 Å². The summed E-state index contributed by atoms with van der Waals surface area (Å²) in [6, 6.07) is 17.6. The highest BCUT2D eigenvalue weighted by atomic mass is 32.2. The van der Waals surface area contributed by atoms with Crippen molar-refractivity contribution in [3.8, 4) is 0 Å². The number of hydrogen-bond acceptors (Lipinski definition) is 5. The first kappa shape index (κ1) is 23.1. The van der Waals surface area contributed by atoms with Gasteiger partial charge in [0.1, 0.15) is 0 Å². The summed E-state index contributed by atoms with van der Waals surface area (Å²) in [6.45, 7) is 4.09. The van der Waals surface area contributed by atoms with E-state index in [4.69, 9.17) is 0 Å². The predicted molar refractivity (Wildman–Crippen MR) is 124 cm³/mol. The van der Waals surface area contributed by atoms with Gasteiger partial charge in [0.2, 0.25) is 0 Å². The summed E-state index contributed by atoms with van der Waals surface area (Å²) in [5.41, 5.74) is -1.24. The van der Waals surface area contributed by atoms with E-state index in [1.54, 1.807) is 36.7 Å². The summed E-state index contributed by atoms with van der Waals surface area (Å²) in [5.74, 6) is -0.197. The molecule has 0 radical (unpaired) electrons. The van der Waals surface area contributed by atoms with E-state index in [9.17, 15) is 18.0 Å². The number of carbonyl (C=O) groups is 1. The van der Waals surface area contributed by atoms with Crippen LogP contribution in [0.4, 0.5) is 24.5 Å². The van der Waals surface area contributed by atoms with E-state index < -0.39 is 5.51 Å². The van der Waals surface area contributed by atoms with Crippen molar-refractivity contribution in [3.63, 3.8) is 0 Å². The summed E-state index contributed by atoms with van der Waals surface area (Å²) in [4.78, 5) is 21.3. The molecule has 1 aromatic heterocycles. The van der Waals surface area contributed by atoms with Crippen molar-refractivity contribution in [2.75, 3.05) is 23.4 Å². The molecule has 1 saturated heterocycles. The predicted octanol–water partition coefficient (Wildman–Crippen LogP) is 5.61. The third-order valence-electron chi connectivity index (χ3n) is 5.46. The molecule has 33 heavy (non-hydrogen) atoms. The van der Waals surface area contributed by atoms with Gasteiger partial charge in [-0.05, 0) is 66.7 Å². The number of halogens is 3. The van der Waals surface area contributed by atoms with Crippen molar-refractivity contribution in [1.82, 2.24) is 9.88 Å². The molecule has 0 spiro atoms. The number of hydrogen-bond donors (Lipinski definition) is 1. The highest BCUT2D eigenvalue weighted by Gasteiger charge is 2.30. The van der Waals surface area contributed by atoms with Crippen LogP contribution in [-0.2, 0) is 6.54 Å². The number of amides is 1. The van der Waals surface area contributed by atoms with Crippen LogP contribution >= 0.6 is 11.8 Å². The van der Waals surface area contributed by atoms with Crippen LogP contribution < -0.4 is 10.2 Å². The van der Waals surface area contributed by atoms with Crippen LogP contribution in [0, 0.1) is 0 Å². The second-order valence-electron chi connectivity index (χ2n) is 7.85. The molecule has 1 N–H and O–H groups in total. The zero-order valence-corrected chi connectivity index (χ0v) is 18.7. The topological polar surface area (TPSA) is 48.5 Å². The van der Waals surface area contributed by atoms with Gasteiger partial charge in [-0.25, -0.2) is 0 Å². The Morgan fingerprint density at radius 2 is 1.85 bits per heavy atom. The second-order valence-corrected chi connectivity index (χ2v) is 8.99. The van der Waals surface area contributed by atoms with Gasteiger partial charge >= 0.3 is 5.51 Å². The zero-order valence-electron chi connectivity index (χ0n) is 17.9. The highest BCUT2D eigenvalue weighted by Crippen LogP contribution is 2.37. The van der Waals surface area contributed by atoms with Gasteiger partial charge in [0.05, 0.1) is 18.6 Å². The quantitative estimate of drug-likeness (QED) is 0.473. The van der Waals surface area contributed by atoms with Crippen molar-refractivity contribution in [2.24, 2.45) is 0 Å². The number of alkyl halides is 3. The van der Waals surface area contributed by atoms with E-state index in [0.717, 1.165) is 17.8 Å². The lowest BCUT2D eigenvalue weighted by Crippen LogP contribution is -2.29. The lowest BCUT2D eigenvalue weighted by Gasteiger charge is -2.22. The van der Waals surface area contributed by atoms with Crippen molar-refractivity contribution >= 4 is 29.0 Å². The third kappa shape index (κ3) is 6.06. The number of thioether (sulfide) groups is 1. The van der Waals surface area contributed by atoms with Gasteiger partial charge in [-0.1, -0.05) is 18.2 Å². The summed E-state index contributed by atoms with van der Waals surface area (Å²) in [6.07, 6.45) is 3.34. The molecule has 0 bridgehead atoms. The van der Waals surface area contributed by atoms with Crippen LogP contribution in [0.1, 0.15) is 22.8 Å². The highest BCUT2D eigenvalue weighted by molar-refractivity contribution is 8.00. The Labute approximate surface area is 194 Å². The Hall–Kier alpha value is -3.04. The number of pyridine rings is 1. The van der Waals surface area contributed by atoms with E-state index >= 15 is 0 Å². The Kier molecular flexibility index (Phi) is 6.90. The lowest BCUT2D eigenvalue weighted by molar-refractivity contribution is -0.0328. The second kappa shape index (κ2) is 9.84. The molecule has 172 valence electrons. The van der Waals surface area contributed by atoms with E-state index in [2.05, 4.69) is 27.0 Å². The average Bonchev–Trinajstić information content (AvgIpc) is 3.15. The van der Waals surface area contributed by atoms with E-state index in [0.29, 0.717) is 24.5 Å². The molecule has 1 aliphatic heterocycles. The van der Waals surface area contributed by atoms with Crippen LogP contribution in [0.5, 0.6) is 0 Å². The molecule has 3 aromatic rings. The third-order valence-corrected chi connectivity index (χ3v) is 6.20. The van der Waals surface area contributed by atoms with Crippen molar-refractivity contribution in [1.29, 1.82) is 0 Å². The van der Waals surface area contributed by atoms with Gasteiger partial charge in [0, 0.05) is 41.5 Å². The number of benzene rings is 2. The van der Waals surface area contributed by atoms with Crippen LogP contribution in [0.3, 0.4) is 0 Å². The largest absolute Gasteiger partial charge is 0.446 e. The maximum atomic E-state index is 12.6. The molecular weight excluding hydrogens is 449 g/mol. The minimum absolute atomic E-state index is 0.110. The number of carbonyl (C=O) groups excluding carboxylic acids is 1. The number of anilines is 2. The first-order valence-electron chi connectivity index (χ1n) is 10.4. The van der Waals surface area contributed by atoms with E-state index in [1.165, 1.54) is 12.1 Å². The summed E-state index contributed by atoms with van der Waals surface area (Å²) >= 11 is -0.110. The average molecular weight is 473 g/mol. The van der Waals surface area contributed by atoms with Gasteiger partial charge in [-0.3, -0.25) is 14.7 Å². The summed E-state index contributed by atoms with van der Waals surface area (Å²) in [7, 11) is 0. The fourth-order valence-corrected chi connectivity index (χ4v) is 4.32. The van der Waals surface area contributed by atoms with Crippen LogP contribution in [0.2, 0.25) is 0 Å². The summed E-state index contributed by atoms with van der Waals surface area (Å²) < 4.78 is 37.7. The smallest absolute Gasteiger partial charge is 0.357 e. The molecule has 1 atom stereocenters. The van der Waals surface area contributed by atoms with Gasteiger partial charge in [-0.2, -0.15) is 13.2 Å². The first-order valence-corrected chi connectivity index (χ1v) is 11.2. The fraction of sp³-hybridized carbons (Fsp3) is 0.250. The standard InChI is InChI=1S/C24H23F3N4OS/c1-17-14-31(20-7-9-21(10-8-20)33-24(25,26)27)16-30(17)15-19-11-12-28-13-22(19)29-23(32)18-5-3-2-4-6-18/h2-13,17H,14-16H2,1H3,(H,29,32). The minimum atomic E-state index is -4.29. The maximum Gasteiger partial charge on any atom is 0.446 e. The lowest BCUT2D eigenvalue weighted by atomic mass is 10.1. The normalized spacial score (nSPS) is 16.7. The first-order chi connectivity index (χ1) is 15.8. The number of aromatic nitrogens is 1. The molecule has 1 aliphatic rings. The van der Waals surface area contributed by atoms with Crippen molar-refractivity contribution in [2.45, 2.75) is 29.9 Å². The van der Waals surface area contributed by atoms with Gasteiger partial charge < -0.3 is 10.2 Å². The van der Waals surface area contributed by atoms with Crippen molar-refractivity contribution in [3.05, 3.63) is 84.2 Å². The molecule has 0 aliphatic carbocycles. The zero-order chi connectivity index (χ0) is 23.4. The van der Waals surface area contributed by atoms with Gasteiger partial charge in [-0.15, -0.1) is 0 Å². The number of nitrogens with zero attached hydrogens (tertiary/aromatic N) is 3. The number of rotatable bonds is 6. The molecule has 9 heteroatoms. The molecule has 2 aromatic carbocycles. The minimum Gasteiger partial charge on any atom is -0.357 e. The Morgan fingerprint density at radius 1 is 1.12 bits per heavy atom. The van der Waals surface area contributed by atoms with Gasteiger partial charge in [0.15, 0.2) is 0 Å². The molecule has 2 heterocycles. The molecule has 4 rings (SSSR count). The van der Waals surface area contributed by atoms with Crippen LogP contribution in [-0.4, -0.2) is 40.6 Å². The van der Waals surface area contributed by atoms with E-state index in [-0.39, 0.29) is 28.6 Å². The maximum absolute atomic E-state index is 12.6. The fourth-order valence-electron chi connectivity index (χ4n) is 3.78. The van der Waals surface area contributed by atoms with Crippen LogP contribution in [0.15, 0.2) is 78.0 Å². The molecule has 1 amide bonds. The Bertz CT molecular complexity index is 1090. The molecule has 5 nitrogen and oxygen atoms in total. The molecule has 1 fully saturated rings. The Balaban J connectivity index is 1.42. The molecular formula is C24H23F3N4OS. The molecule has 0 saturated carbocycles. The SMILES string of the molecule is CC1CN(c2ccc(SC(F)(F)F)cc2)CN1Cc1ccncc1NC(=O)c1ccccc1. The van der Waals surface area contributed by atoms with Crippen molar-refractivity contribution < 1.29 is 18.0 Å². The molecule has 1 unspecified atom stereocenters.